The van der Waals surface area contributed by atoms with Gasteiger partial charge in [0.1, 0.15) is 5.82 Å². The number of halogens is 1. The first kappa shape index (κ1) is 19.8. The Balaban J connectivity index is 1.62. The summed E-state index contributed by atoms with van der Waals surface area (Å²) in [7, 11) is 0. The fourth-order valence-electron chi connectivity index (χ4n) is 4.49. The summed E-state index contributed by atoms with van der Waals surface area (Å²) in [5.74, 6) is 0.870. The van der Waals surface area contributed by atoms with E-state index in [1.54, 1.807) is 0 Å². The van der Waals surface area contributed by atoms with Crippen LogP contribution in [-0.2, 0) is 0 Å². The Morgan fingerprint density at radius 1 is 0.606 bits per heavy atom. The first-order chi connectivity index (χ1) is 16.3. The summed E-state index contributed by atoms with van der Waals surface area (Å²) in [6.07, 6.45) is 1.83. The van der Waals surface area contributed by atoms with Gasteiger partial charge in [-0.05, 0) is 54.6 Å². The van der Waals surface area contributed by atoms with Crippen molar-refractivity contribution < 1.29 is 0 Å². The van der Waals surface area contributed by atoms with Crippen molar-refractivity contribution in [2.24, 2.45) is 0 Å². The molecule has 4 aromatic carbocycles. The summed E-state index contributed by atoms with van der Waals surface area (Å²) in [4.78, 5) is 6.84. The van der Waals surface area contributed by atoms with Crippen LogP contribution >= 0.6 is 15.9 Å². The van der Waals surface area contributed by atoms with E-state index in [-0.39, 0.29) is 0 Å². The molecule has 2 heterocycles. The molecule has 2 aromatic heterocycles. The van der Waals surface area contributed by atoms with E-state index in [0.717, 1.165) is 27.4 Å². The molecule has 6 aromatic rings. The van der Waals surface area contributed by atoms with Crippen LogP contribution in [0.5, 0.6) is 0 Å². The minimum atomic E-state index is 0.870. The Labute approximate surface area is 200 Å². The van der Waals surface area contributed by atoms with E-state index in [2.05, 4.69) is 121 Å². The van der Waals surface area contributed by atoms with Gasteiger partial charge in [-0.25, -0.2) is 4.98 Å². The van der Waals surface area contributed by atoms with Crippen LogP contribution in [0.25, 0.3) is 27.5 Å². The van der Waals surface area contributed by atoms with E-state index >= 15 is 0 Å². The molecule has 0 aliphatic heterocycles. The van der Waals surface area contributed by atoms with Gasteiger partial charge in [0.25, 0.3) is 0 Å². The SMILES string of the molecule is Brc1cc(N(c2ccccc2)c2ccccn2)cc(-n2c3ccccc3c3ccccc32)c1. The van der Waals surface area contributed by atoms with Crippen LogP contribution in [0, 0.1) is 0 Å². The predicted octanol–water partition coefficient (Wildman–Crippen LogP) is 8.41. The highest BCUT2D eigenvalue weighted by molar-refractivity contribution is 9.10. The van der Waals surface area contributed by atoms with Gasteiger partial charge in [0, 0.05) is 32.8 Å². The zero-order valence-electron chi connectivity index (χ0n) is 17.8. The molecule has 0 spiro atoms. The van der Waals surface area contributed by atoms with E-state index in [0.29, 0.717) is 0 Å². The van der Waals surface area contributed by atoms with E-state index in [1.807, 2.05) is 30.5 Å². The Morgan fingerprint density at radius 3 is 1.91 bits per heavy atom. The molecule has 0 amide bonds. The van der Waals surface area contributed by atoms with Crippen molar-refractivity contribution in [2.75, 3.05) is 4.90 Å². The summed E-state index contributed by atoms with van der Waals surface area (Å²) >= 11 is 3.78. The van der Waals surface area contributed by atoms with Crippen molar-refractivity contribution in [3.05, 3.63) is 126 Å². The second kappa shape index (κ2) is 8.23. The Kier molecular flexibility index (Phi) is 4.93. The summed E-state index contributed by atoms with van der Waals surface area (Å²) in [5, 5.41) is 2.50. The van der Waals surface area contributed by atoms with Crippen molar-refractivity contribution in [1.29, 1.82) is 0 Å². The molecule has 6 rings (SSSR count). The van der Waals surface area contributed by atoms with E-state index in [4.69, 9.17) is 0 Å². The van der Waals surface area contributed by atoms with Gasteiger partial charge in [0.2, 0.25) is 0 Å². The molecule has 0 unspecified atom stereocenters. The average molecular weight is 490 g/mol. The number of para-hydroxylation sites is 3. The van der Waals surface area contributed by atoms with Crippen molar-refractivity contribution in [1.82, 2.24) is 9.55 Å². The molecule has 0 saturated carbocycles. The fraction of sp³-hybridized carbons (Fsp3) is 0. The molecule has 4 heteroatoms. The standard InChI is InChI=1S/C29H20BrN3/c30-21-18-23(32(22-10-2-1-3-11-22)29-16-8-9-17-31-29)20-24(19-21)33-27-14-6-4-12-25(27)26-13-5-7-15-28(26)33/h1-20H. The van der Waals surface area contributed by atoms with E-state index in [9.17, 15) is 0 Å². The topological polar surface area (TPSA) is 21.1 Å². The molecule has 0 saturated heterocycles. The maximum atomic E-state index is 4.66. The predicted molar refractivity (Wildman–Crippen MR) is 141 cm³/mol. The van der Waals surface area contributed by atoms with Gasteiger partial charge < -0.3 is 4.57 Å². The van der Waals surface area contributed by atoms with Gasteiger partial charge in [0.15, 0.2) is 0 Å². The number of pyridine rings is 1. The van der Waals surface area contributed by atoms with Crippen LogP contribution in [0.3, 0.4) is 0 Å². The zero-order chi connectivity index (χ0) is 22.2. The maximum Gasteiger partial charge on any atom is 0.137 e. The van der Waals surface area contributed by atoms with Gasteiger partial charge in [-0.1, -0.05) is 76.6 Å². The summed E-state index contributed by atoms with van der Waals surface area (Å²) in [5.41, 5.74) is 5.56. The molecule has 0 radical (unpaired) electrons. The number of hydrogen-bond donors (Lipinski definition) is 0. The van der Waals surface area contributed by atoms with Crippen LogP contribution in [-0.4, -0.2) is 9.55 Å². The van der Waals surface area contributed by atoms with Gasteiger partial charge in [-0.2, -0.15) is 0 Å². The van der Waals surface area contributed by atoms with Crippen LogP contribution in [0.2, 0.25) is 0 Å². The zero-order valence-corrected chi connectivity index (χ0v) is 19.4. The van der Waals surface area contributed by atoms with Crippen LogP contribution in [0.15, 0.2) is 126 Å². The molecule has 0 bridgehead atoms. The number of nitrogens with zero attached hydrogens (tertiary/aromatic N) is 3. The summed E-state index contributed by atoms with van der Waals surface area (Å²) < 4.78 is 3.34. The number of fused-ring (bicyclic) bond motifs is 3. The Bertz CT molecular complexity index is 1480. The third-order valence-electron chi connectivity index (χ3n) is 5.86. The molecule has 158 valence electrons. The molecule has 0 N–H and O–H groups in total. The molecular weight excluding hydrogens is 470 g/mol. The third-order valence-corrected chi connectivity index (χ3v) is 6.31. The lowest BCUT2D eigenvalue weighted by atomic mass is 10.2. The lowest BCUT2D eigenvalue weighted by molar-refractivity contribution is 1.15. The molecule has 33 heavy (non-hydrogen) atoms. The summed E-state index contributed by atoms with van der Waals surface area (Å²) in [6, 6.07) is 40.0. The molecular formula is C29H20BrN3. The summed E-state index contributed by atoms with van der Waals surface area (Å²) in [6.45, 7) is 0. The molecule has 0 atom stereocenters. The lowest BCUT2D eigenvalue weighted by Crippen LogP contribution is -2.12. The molecule has 0 aliphatic rings. The maximum absolute atomic E-state index is 4.66. The average Bonchev–Trinajstić information content (AvgIpc) is 3.20. The number of rotatable bonds is 4. The van der Waals surface area contributed by atoms with E-state index < -0.39 is 0 Å². The smallest absolute Gasteiger partial charge is 0.137 e. The van der Waals surface area contributed by atoms with Crippen LogP contribution < -0.4 is 4.90 Å². The van der Waals surface area contributed by atoms with Gasteiger partial charge in [-0.3, -0.25) is 4.90 Å². The van der Waals surface area contributed by atoms with Crippen LogP contribution in [0.1, 0.15) is 0 Å². The quantitative estimate of drug-likeness (QED) is 0.247. The van der Waals surface area contributed by atoms with Crippen LogP contribution in [0.4, 0.5) is 17.2 Å². The second-order valence-corrected chi connectivity index (χ2v) is 8.81. The lowest BCUT2D eigenvalue weighted by Gasteiger charge is -2.25. The third kappa shape index (κ3) is 3.49. The van der Waals surface area contributed by atoms with Crippen molar-refractivity contribution in [3.63, 3.8) is 0 Å². The number of aromatic nitrogens is 2. The second-order valence-electron chi connectivity index (χ2n) is 7.90. The normalized spacial score (nSPS) is 11.2. The Morgan fingerprint density at radius 2 is 1.24 bits per heavy atom. The van der Waals surface area contributed by atoms with E-state index in [1.165, 1.54) is 21.8 Å². The molecule has 0 fully saturated rings. The number of benzene rings is 4. The highest BCUT2D eigenvalue weighted by atomic mass is 79.9. The fourth-order valence-corrected chi connectivity index (χ4v) is 4.96. The minimum absolute atomic E-state index is 0.870. The largest absolute Gasteiger partial charge is 0.309 e. The molecule has 0 aliphatic carbocycles. The number of hydrogen-bond acceptors (Lipinski definition) is 2. The van der Waals surface area contributed by atoms with Gasteiger partial charge in [0.05, 0.1) is 16.7 Å². The van der Waals surface area contributed by atoms with Crippen molar-refractivity contribution >= 4 is 54.9 Å². The highest BCUT2D eigenvalue weighted by Crippen LogP contribution is 2.38. The minimum Gasteiger partial charge on any atom is -0.309 e. The monoisotopic (exact) mass is 489 g/mol. The van der Waals surface area contributed by atoms with Gasteiger partial charge in [-0.15, -0.1) is 0 Å². The van der Waals surface area contributed by atoms with Crippen molar-refractivity contribution in [3.8, 4) is 5.69 Å². The molecule has 3 nitrogen and oxygen atoms in total. The Hall–Kier alpha value is -3.89. The highest BCUT2D eigenvalue weighted by Gasteiger charge is 2.17. The first-order valence-electron chi connectivity index (χ1n) is 10.8. The number of anilines is 3. The van der Waals surface area contributed by atoms with Crippen molar-refractivity contribution in [2.45, 2.75) is 0 Å². The first-order valence-corrected chi connectivity index (χ1v) is 11.6. The van der Waals surface area contributed by atoms with Gasteiger partial charge >= 0.3 is 0 Å².